The van der Waals surface area contributed by atoms with Crippen molar-refractivity contribution in [1.82, 2.24) is 14.8 Å². The molecule has 3 aromatic rings. The number of rotatable bonds is 6. The van der Waals surface area contributed by atoms with Gasteiger partial charge in [0.2, 0.25) is 0 Å². The molecule has 1 fully saturated rings. The molecule has 34 heavy (non-hydrogen) atoms. The molecule has 8 nitrogen and oxygen atoms in total. The summed E-state index contributed by atoms with van der Waals surface area (Å²) >= 11 is 0. The molecule has 0 aliphatic carbocycles. The first kappa shape index (κ1) is 23.2. The fraction of sp³-hybridized carbons (Fsp3) is 0.292. The number of likely N-dealkylation sites (tertiary alicyclic amines) is 1. The number of carbonyl (C=O) groups excluding carboxylic acids is 2. The Labute approximate surface area is 194 Å². The van der Waals surface area contributed by atoms with Crippen LogP contribution in [0.5, 0.6) is 0 Å². The second-order valence-corrected chi connectivity index (χ2v) is 8.26. The Balaban J connectivity index is 1.75. The summed E-state index contributed by atoms with van der Waals surface area (Å²) in [7, 11) is 0. The van der Waals surface area contributed by atoms with Gasteiger partial charge >= 0.3 is 0 Å². The second kappa shape index (κ2) is 9.12. The minimum atomic E-state index is -2.90. The van der Waals surface area contributed by atoms with Gasteiger partial charge < -0.3 is 25.7 Å². The third-order valence-electron chi connectivity index (χ3n) is 5.88. The van der Waals surface area contributed by atoms with E-state index in [0.29, 0.717) is 28.6 Å². The van der Waals surface area contributed by atoms with Crippen molar-refractivity contribution in [2.45, 2.75) is 25.8 Å². The zero-order valence-electron chi connectivity index (χ0n) is 18.6. The number of hydrogen-bond acceptors (Lipinski definition) is 4. The van der Waals surface area contributed by atoms with Crippen LogP contribution in [-0.2, 0) is 6.54 Å². The van der Waals surface area contributed by atoms with E-state index in [1.807, 2.05) is 6.92 Å². The molecule has 10 heteroatoms. The number of oxime groups is 1. The summed E-state index contributed by atoms with van der Waals surface area (Å²) in [5.41, 5.74) is 8.40. The van der Waals surface area contributed by atoms with E-state index in [4.69, 9.17) is 10.9 Å². The average molecular weight is 469 g/mol. The van der Waals surface area contributed by atoms with Gasteiger partial charge in [-0.3, -0.25) is 9.59 Å². The summed E-state index contributed by atoms with van der Waals surface area (Å²) in [6.45, 7) is 1.96. The molecule has 2 aromatic carbocycles. The van der Waals surface area contributed by atoms with Crippen molar-refractivity contribution in [2.24, 2.45) is 10.9 Å². The number of amidine groups is 1. The Bertz CT molecular complexity index is 1270. The molecular weight excluding hydrogens is 444 g/mol. The van der Waals surface area contributed by atoms with Crippen molar-refractivity contribution in [2.75, 3.05) is 19.6 Å². The minimum Gasteiger partial charge on any atom is -0.409 e. The smallest absolute Gasteiger partial charge is 0.270 e. The first-order valence-corrected chi connectivity index (χ1v) is 10.9. The van der Waals surface area contributed by atoms with Crippen LogP contribution in [0, 0.1) is 0 Å². The topological polar surface area (TPSA) is 113 Å². The molecule has 0 saturated carbocycles. The van der Waals surface area contributed by atoms with E-state index in [2.05, 4.69) is 10.5 Å². The van der Waals surface area contributed by atoms with Crippen molar-refractivity contribution in [3.8, 4) is 0 Å². The van der Waals surface area contributed by atoms with Crippen LogP contribution in [0.25, 0.3) is 10.9 Å². The number of hydrogen-bond donors (Lipinski definition) is 3. The van der Waals surface area contributed by atoms with Gasteiger partial charge in [-0.05, 0) is 36.8 Å². The van der Waals surface area contributed by atoms with Crippen LogP contribution in [0.1, 0.15) is 45.3 Å². The van der Waals surface area contributed by atoms with Gasteiger partial charge in [0.15, 0.2) is 5.84 Å². The van der Waals surface area contributed by atoms with E-state index in [1.165, 1.54) is 0 Å². The standard InChI is InChI=1S/C24H25F2N5O3/c1-2-28-22(32)16-5-3-15(4-6-16)13-31-19-12-18(21(27)29-34)8-7-17(19)11-20(31)23(33)30-10-9-24(25,26)14-30/h3-8,11-12,34H,2,9-10,13-14H2,1H3,(H2,27,29)(H,28,32). The van der Waals surface area contributed by atoms with Crippen LogP contribution in [0.4, 0.5) is 8.78 Å². The number of halogens is 2. The first-order valence-electron chi connectivity index (χ1n) is 10.9. The minimum absolute atomic E-state index is 0.0238. The van der Waals surface area contributed by atoms with Gasteiger partial charge in [-0.2, -0.15) is 0 Å². The molecule has 1 aliphatic rings. The lowest BCUT2D eigenvalue weighted by molar-refractivity contribution is 0.0119. The fourth-order valence-electron chi connectivity index (χ4n) is 4.10. The fourth-order valence-corrected chi connectivity index (χ4v) is 4.10. The largest absolute Gasteiger partial charge is 0.409 e. The Hall–Kier alpha value is -3.95. The molecule has 178 valence electrons. The van der Waals surface area contributed by atoms with Gasteiger partial charge in [0.05, 0.1) is 6.54 Å². The van der Waals surface area contributed by atoms with Crippen LogP contribution < -0.4 is 11.1 Å². The van der Waals surface area contributed by atoms with Gasteiger partial charge in [0.1, 0.15) is 5.69 Å². The Morgan fingerprint density at radius 2 is 1.85 bits per heavy atom. The number of alkyl halides is 2. The molecule has 4 rings (SSSR count). The van der Waals surface area contributed by atoms with Crippen LogP contribution in [0.2, 0.25) is 0 Å². The number of amides is 2. The highest BCUT2D eigenvalue weighted by Crippen LogP contribution is 2.30. The maximum absolute atomic E-state index is 13.8. The highest BCUT2D eigenvalue weighted by Gasteiger charge is 2.41. The van der Waals surface area contributed by atoms with Gasteiger partial charge in [0, 0.05) is 48.1 Å². The summed E-state index contributed by atoms with van der Waals surface area (Å²) < 4.78 is 29.3. The molecule has 0 spiro atoms. The molecule has 1 aromatic heterocycles. The predicted molar refractivity (Wildman–Crippen MR) is 123 cm³/mol. The number of nitrogens with zero attached hydrogens (tertiary/aromatic N) is 3. The van der Waals surface area contributed by atoms with Crippen LogP contribution in [-0.4, -0.2) is 57.9 Å². The molecule has 2 heterocycles. The Morgan fingerprint density at radius 3 is 2.47 bits per heavy atom. The molecule has 1 saturated heterocycles. The van der Waals surface area contributed by atoms with E-state index >= 15 is 0 Å². The van der Waals surface area contributed by atoms with Crippen molar-refractivity contribution < 1.29 is 23.6 Å². The first-order chi connectivity index (χ1) is 16.2. The number of aromatic nitrogens is 1. The average Bonchev–Trinajstić information content (AvgIpc) is 3.38. The quantitative estimate of drug-likeness (QED) is 0.223. The lowest BCUT2D eigenvalue weighted by Crippen LogP contribution is -2.32. The zero-order chi connectivity index (χ0) is 24.5. The molecular formula is C24H25F2N5O3. The SMILES string of the molecule is CCNC(=O)c1ccc(Cn2c(C(=O)N3CCC(F)(F)C3)cc3ccc(/C(N)=N\O)cc32)cc1. The van der Waals surface area contributed by atoms with Crippen LogP contribution >= 0.6 is 0 Å². The summed E-state index contributed by atoms with van der Waals surface area (Å²) in [5.74, 6) is -3.67. The number of nitrogens with one attached hydrogen (secondary N) is 1. The second-order valence-electron chi connectivity index (χ2n) is 8.26. The molecule has 4 N–H and O–H groups in total. The molecule has 0 unspecified atom stereocenters. The van der Waals surface area contributed by atoms with Crippen LogP contribution in [0.15, 0.2) is 53.7 Å². The van der Waals surface area contributed by atoms with E-state index in [0.717, 1.165) is 10.5 Å². The van der Waals surface area contributed by atoms with Crippen molar-refractivity contribution in [3.63, 3.8) is 0 Å². The van der Waals surface area contributed by atoms with Gasteiger partial charge in [-0.25, -0.2) is 8.78 Å². The summed E-state index contributed by atoms with van der Waals surface area (Å²) in [5, 5.41) is 15.5. The highest BCUT2D eigenvalue weighted by molar-refractivity contribution is 6.03. The lowest BCUT2D eigenvalue weighted by atomic mass is 10.1. The van der Waals surface area contributed by atoms with E-state index in [1.54, 1.807) is 53.1 Å². The molecule has 1 aliphatic heterocycles. The molecule has 0 bridgehead atoms. The normalized spacial score (nSPS) is 15.6. The van der Waals surface area contributed by atoms with E-state index in [9.17, 15) is 18.4 Å². The van der Waals surface area contributed by atoms with Crippen molar-refractivity contribution in [3.05, 3.63) is 70.9 Å². The van der Waals surface area contributed by atoms with E-state index in [-0.39, 0.29) is 36.9 Å². The Morgan fingerprint density at radius 1 is 1.15 bits per heavy atom. The highest BCUT2D eigenvalue weighted by atomic mass is 19.3. The van der Waals surface area contributed by atoms with Gasteiger partial charge in [-0.15, -0.1) is 0 Å². The summed E-state index contributed by atoms with van der Waals surface area (Å²) in [6, 6.07) is 13.7. The molecule has 2 amide bonds. The number of nitrogens with two attached hydrogens (primary N) is 1. The molecule has 0 atom stereocenters. The lowest BCUT2D eigenvalue weighted by Gasteiger charge is -2.18. The monoisotopic (exact) mass is 469 g/mol. The number of carbonyl (C=O) groups is 2. The maximum atomic E-state index is 13.8. The number of fused-ring (bicyclic) bond motifs is 1. The third-order valence-corrected chi connectivity index (χ3v) is 5.88. The van der Waals surface area contributed by atoms with Crippen molar-refractivity contribution in [1.29, 1.82) is 0 Å². The summed E-state index contributed by atoms with van der Waals surface area (Å²) in [6.07, 6.45) is -0.367. The predicted octanol–water partition coefficient (Wildman–Crippen LogP) is 3.02. The third kappa shape index (κ3) is 4.57. The van der Waals surface area contributed by atoms with Crippen molar-refractivity contribution >= 4 is 28.6 Å². The van der Waals surface area contributed by atoms with E-state index < -0.39 is 18.4 Å². The van der Waals surface area contributed by atoms with Gasteiger partial charge in [0.25, 0.3) is 17.7 Å². The maximum Gasteiger partial charge on any atom is 0.270 e. The zero-order valence-corrected chi connectivity index (χ0v) is 18.6. The summed E-state index contributed by atoms with van der Waals surface area (Å²) in [4.78, 5) is 26.4. The molecule has 0 radical (unpaired) electrons. The van der Waals surface area contributed by atoms with Gasteiger partial charge in [-0.1, -0.05) is 29.4 Å². The van der Waals surface area contributed by atoms with Crippen LogP contribution in [0.3, 0.4) is 0 Å². The number of benzene rings is 2. The Kier molecular flexibility index (Phi) is 6.23.